The average Bonchev–Trinajstić information content (AvgIpc) is 2.65. The van der Waals surface area contributed by atoms with Crippen LogP contribution in [0.3, 0.4) is 0 Å². The summed E-state index contributed by atoms with van der Waals surface area (Å²) in [5.74, 6) is -0.244. The van der Waals surface area contributed by atoms with Gasteiger partial charge in [-0.25, -0.2) is 0 Å². The predicted molar refractivity (Wildman–Crippen MR) is 104 cm³/mol. The minimum absolute atomic E-state index is 0.0172. The second-order valence-electron chi connectivity index (χ2n) is 5.34. The number of ether oxygens (including phenoxy) is 1. The van der Waals surface area contributed by atoms with Crippen LogP contribution in [0.15, 0.2) is 60.7 Å². The van der Waals surface area contributed by atoms with Crippen molar-refractivity contribution in [1.29, 1.82) is 0 Å². The number of carbonyl (C=O) groups is 2. The van der Waals surface area contributed by atoms with E-state index in [9.17, 15) is 9.59 Å². The Kier molecular flexibility index (Phi) is 7.32. The SMILES string of the molecule is Cc1ccc(OCC(=O)NNC(=S)NC(=O)/C=C/c2ccccc2)cc1. The number of hydrazine groups is 1. The minimum Gasteiger partial charge on any atom is -0.484 e. The van der Waals surface area contributed by atoms with Gasteiger partial charge in [-0.1, -0.05) is 48.0 Å². The first-order valence-corrected chi connectivity index (χ1v) is 8.26. The molecule has 0 radical (unpaired) electrons. The van der Waals surface area contributed by atoms with Crippen LogP contribution in [0.5, 0.6) is 5.75 Å². The first kappa shape index (κ1) is 19.1. The number of nitrogens with one attached hydrogen (secondary N) is 3. The van der Waals surface area contributed by atoms with E-state index >= 15 is 0 Å². The van der Waals surface area contributed by atoms with Gasteiger partial charge in [0.15, 0.2) is 11.7 Å². The van der Waals surface area contributed by atoms with Gasteiger partial charge >= 0.3 is 0 Å². The van der Waals surface area contributed by atoms with E-state index in [4.69, 9.17) is 17.0 Å². The first-order valence-electron chi connectivity index (χ1n) is 7.85. The van der Waals surface area contributed by atoms with Crippen molar-refractivity contribution in [3.63, 3.8) is 0 Å². The highest BCUT2D eigenvalue weighted by molar-refractivity contribution is 7.80. The fourth-order valence-electron chi connectivity index (χ4n) is 1.87. The largest absolute Gasteiger partial charge is 0.484 e. The standard InChI is InChI=1S/C19H19N3O3S/c1-14-7-10-16(11-8-14)25-13-18(24)21-22-19(26)20-17(23)12-9-15-5-3-2-4-6-15/h2-12H,13H2,1H3,(H,21,24)(H2,20,22,23,26)/b12-9+. The van der Waals surface area contributed by atoms with E-state index in [1.54, 1.807) is 18.2 Å². The molecule has 0 saturated heterocycles. The number of aryl methyl sites for hydroxylation is 1. The van der Waals surface area contributed by atoms with Crippen LogP contribution in [-0.4, -0.2) is 23.5 Å². The molecule has 2 rings (SSSR count). The number of hydrogen-bond donors (Lipinski definition) is 3. The maximum atomic E-state index is 11.7. The molecule has 2 amide bonds. The first-order chi connectivity index (χ1) is 12.5. The van der Waals surface area contributed by atoms with Crippen molar-refractivity contribution in [3.05, 3.63) is 71.8 Å². The Labute approximate surface area is 157 Å². The zero-order valence-electron chi connectivity index (χ0n) is 14.2. The monoisotopic (exact) mass is 369 g/mol. The number of rotatable bonds is 5. The molecule has 0 aliphatic rings. The zero-order chi connectivity index (χ0) is 18.8. The summed E-state index contributed by atoms with van der Waals surface area (Å²) in [5, 5.41) is 2.41. The summed E-state index contributed by atoms with van der Waals surface area (Å²) in [5.41, 5.74) is 6.79. The van der Waals surface area contributed by atoms with E-state index in [1.165, 1.54) is 6.08 Å². The number of hydrogen-bond acceptors (Lipinski definition) is 4. The van der Waals surface area contributed by atoms with Crippen molar-refractivity contribution in [2.45, 2.75) is 6.92 Å². The third-order valence-corrected chi connectivity index (χ3v) is 3.37. The molecule has 0 heterocycles. The molecule has 3 N–H and O–H groups in total. The van der Waals surface area contributed by atoms with E-state index < -0.39 is 11.8 Å². The van der Waals surface area contributed by atoms with Gasteiger partial charge in [0.1, 0.15) is 5.75 Å². The average molecular weight is 369 g/mol. The molecule has 0 spiro atoms. The number of carbonyl (C=O) groups excluding carboxylic acids is 2. The second kappa shape index (κ2) is 9.95. The Morgan fingerprint density at radius 2 is 1.73 bits per heavy atom. The van der Waals surface area contributed by atoms with Crippen molar-refractivity contribution in [2.24, 2.45) is 0 Å². The molecular weight excluding hydrogens is 350 g/mol. The molecule has 26 heavy (non-hydrogen) atoms. The Morgan fingerprint density at radius 3 is 2.42 bits per heavy atom. The molecule has 7 heteroatoms. The van der Waals surface area contributed by atoms with E-state index in [-0.39, 0.29) is 11.7 Å². The highest BCUT2D eigenvalue weighted by atomic mass is 32.1. The molecule has 0 unspecified atom stereocenters. The van der Waals surface area contributed by atoms with Gasteiger partial charge in [-0.05, 0) is 42.9 Å². The third-order valence-electron chi connectivity index (χ3n) is 3.17. The molecule has 0 aliphatic carbocycles. The van der Waals surface area contributed by atoms with Gasteiger partial charge in [-0.2, -0.15) is 0 Å². The Bertz CT molecular complexity index is 789. The Balaban J connectivity index is 1.67. The van der Waals surface area contributed by atoms with E-state index in [1.807, 2.05) is 49.4 Å². The summed E-state index contributed by atoms with van der Waals surface area (Å²) in [6.45, 7) is 1.78. The smallest absolute Gasteiger partial charge is 0.276 e. The van der Waals surface area contributed by atoms with Crippen LogP contribution >= 0.6 is 12.2 Å². The van der Waals surface area contributed by atoms with Gasteiger partial charge in [-0.15, -0.1) is 0 Å². The number of amides is 2. The van der Waals surface area contributed by atoms with Gasteiger partial charge in [0.05, 0.1) is 0 Å². The quantitative estimate of drug-likeness (QED) is 0.427. The van der Waals surface area contributed by atoms with Crippen LogP contribution in [0.2, 0.25) is 0 Å². The lowest BCUT2D eigenvalue weighted by Gasteiger charge is -2.10. The summed E-state index contributed by atoms with van der Waals surface area (Å²) >= 11 is 4.94. The Morgan fingerprint density at radius 1 is 1.04 bits per heavy atom. The zero-order valence-corrected chi connectivity index (χ0v) is 15.0. The maximum absolute atomic E-state index is 11.7. The van der Waals surface area contributed by atoms with Crippen molar-refractivity contribution < 1.29 is 14.3 Å². The minimum atomic E-state index is -0.429. The fourth-order valence-corrected chi connectivity index (χ4v) is 2.02. The summed E-state index contributed by atoms with van der Waals surface area (Å²) < 4.78 is 5.33. The van der Waals surface area contributed by atoms with Crippen LogP contribution in [0.4, 0.5) is 0 Å². The second-order valence-corrected chi connectivity index (χ2v) is 5.75. The summed E-state index contributed by atoms with van der Waals surface area (Å²) in [6, 6.07) is 16.7. The number of benzene rings is 2. The van der Waals surface area contributed by atoms with Gasteiger partial charge in [0, 0.05) is 6.08 Å². The third kappa shape index (κ3) is 7.14. The van der Waals surface area contributed by atoms with Crippen molar-refractivity contribution in [1.82, 2.24) is 16.2 Å². The van der Waals surface area contributed by atoms with Crippen LogP contribution in [0.25, 0.3) is 6.08 Å². The van der Waals surface area contributed by atoms with Crippen molar-refractivity contribution >= 4 is 35.2 Å². The topological polar surface area (TPSA) is 79.5 Å². The molecule has 0 atom stereocenters. The van der Waals surface area contributed by atoms with Gasteiger partial charge < -0.3 is 4.74 Å². The fraction of sp³-hybridized carbons (Fsp3) is 0.105. The van der Waals surface area contributed by atoms with E-state index in [0.29, 0.717) is 5.75 Å². The highest BCUT2D eigenvalue weighted by Gasteiger charge is 2.05. The lowest BCUT2D eigenvalue weighted by Crippen LogP contribution is -2.49. The molecular formula is C19H19N3O3S. The summed E-state index contributed by atoms with van der Waals surface area (Å²) in [7, 11) is 0. The number of thiocarbonyl (C=S) groups is 1. The molecule has 134 valence electrons. The van der Waals surface area contributed by atoms with Crippen LogP contribution < -0.4 is 20.9 Å². The lowest BCUT2D eigenvalue weighted by atomic mass is 10.2. The van der Waals surface area contributed by atoms with Gasteiger partial charge in [0.2, 0.25) is 5.91 Å². The Hall–Kier alpha value is -3.19. The van der Waals surface area contributed by atoms with Gasteiger partial charge in [-0.3, -0.25) is 25.8 Å². The molecule has 0 bridgehead atoms. The molecule has 0 saturated carbocycles. The van der Waals surface area contributed by atoms with Crippen molar-refractivity contribution in [3.8, 4) is 5.75 Å². The molecule has 0 aliphatic heterocycles. The van der Waals surface area contributed by atoms with Crippen LogP contribution in [0.1, 0.15) is 11.1 Å². The molecule has 0 fully saturated rings. The van der Waals surface area contributed by atoms with Crippen LogP contribution in [-0.2, 0) is 9.59 Å². The predicted octanol–water partition coefficient (Wildman–Crippen LogP) is 2.11. The molecule has 2 aromatic carbocycles. The lowest BCUT2D eigenvalue weighted by molar-refractivity contribution is -0.123. The highest BCUT2D eigenvalue weighted by Crippen LogP contribution is 2.10. The molecule has 2 aromatic rings. The van der Waals surface area contributed by atoms with Gasteiger partial charge in [0.25, 0.3) is 5.91 Å². The maximum Gasteiger partial charge on any atom is 0.276 e. The normalized spacial score (nSPS) is 10.2. The summed E-state index contributed by atoms with van der Waals surface area (Å²) in [6.07, 6.45) is 3.01. The van der Waals surface area contributed by atoms with Crippen molar-refractivity contribution in [2.75, 3.05) is 6.61 Å². The van der Waals surface area contributed by atoms with E-state index in [0.717, 1.165) is 11.1 Å². The van der Waals surface area contributed by atoms with E-state index in [2.05, 4.69) is 16.2 Å². The van der Waals surface area contributed by atoms with Crippen LogP contribution in [0, 0.1) is 6.92 Å². The summed E-state index contributed by atoms with van der Waals surface area (Å²) in [4.78, 5) is 23.4. The molecule has 0 aromatic heterocycles. The molecule has 6 nitrogen and oxygen atoms in total.